The van der Waals surface area contributed by atoms with Gasteiger partial charge in [0.2, 0.25) is 29.5 Å². The lowest BCUT2D eigenvalue weighted by Gasteiger charge is -2.26. The molecule has 1 aliphatic carbocycles. The van der Waals surface area contributed by atoms with Gasteiger partial charge in [-0.2, -0.15) is 0 Å². The highest BCUT2D eigenvalue weighted by atomic mass is 35.5. The van der Waals surface area contributed by atoms with E-state index < -0.39 is 35.3 Å². The molecular weight excluding hydrogens is 736 g/mol. The van der Waals surface area contributed by atoms with Crippen LogP contribution in [0.5, 0.6) is 0 Å². The van der Waals surface area contributed by atoms with Gasteiger partial charge in [0.25, 0.3) is 0 Å². The van der Waals surface area contributed by atoms with Gasteiger partial charge in [0.05, 0.1) is 25.4 Å². The van der Waals surface area contributed by atoms with Gasteiger partial charge in [0, 0.05) is 36.6 Å². The molecule has 0 heterocycles. The first-order valence-electron chi connectivity index (χ1n) is 19.2. The third kappa shape index (κ3) is 15.1. The van der Waals surface area contributed by atoms with Crippen molar-refractivity contribution in [3.63, 3.8) is 0 Å². The van der Waals surface area contributed by atoms with E-state index >= 15 is 0 Å². The molecule has 13 nitrogen and oxygen atoms in total. The predicted molar refractivity (Wildman–Crippen MR) is 215 cm³/mol. The highest BCUT2D eigenvalue weighted by Crippen LogP contribution is 2.44. The number of halogens is 1. The summed E-state index contributed by atoms with van der Waals surface area (Å²) in [4.78, 5) is 74.9. The maximum absolute atomic E-state index is 13.4. The van der Waals surface area contributed by atoms with Gasteiger partial charge in [-0.1, -0.05) is 85.1 Å². The number of carboxylic acids is 1. The summed E-state index contributed by atoms with van der Waals surface area (Å²) in [6, 6.07) is 21.4. The number of anilines is 1. The molecule has 0 aromatic heterocycles. The minimum absolute atomic E-state index is 0.0254. The molecule has 0 bridgehead atoms. The number of nitrogens with one attached hydrogen (secondary N) is 5. The number of unbranched alkanes of at least 4 members (excludes halogenated alkanes) is 2. The molecule has 1 saturated carbocycles. The van der Waals surface area contributed by atoms with E-state index in [0.717, 1.165) is 49.7 Å². The number of carboxylic acid groups (broad SMARTS) is 1. The first-order chi connectivity index (χ1) is 26.9. The Balaban J connectivity index is 1.13. The molecule has 8 N–H and O–H groups in total. The van der Waals surface area contributed by atoms with Crippen LogP contribution in [0.2, 0.25) is 5.02 Å². The average Bonchev–Trinajstić information content (AvgIpc) is 3.61. The van der Waals surface area contributed by atoms with Crippen LogP contribution in [0.1, 0.15) is 74.5 Å². The van der Waals surface area contributed by atoms with E-state index in [4.69, 9.17) is 17.3 Å². The third-order valence-corrected chi connectivity index (χ3v) is 10.3. The van der Waals surface area contributed by atoms with Crippen LogP contribution in [0.4, 0.5) is 5.69 Å². The molecule has 3 aromatic carbocycles. The Hall–Kier alpha value is -5.27. The van der Waals surface area contributed by atoms with Gasteiger partial charge < -0.3 is 37.4 Å². The molecule has 5 amide bonds. The Morgan fingerprint density at radius 1 is 0.696 bits per heavy atom. The first kappa shape index (κ1) is 43.5. The van der Waals surface area contributed by atoms with Crippen LogP contribution in [0.25, 0.3) is 0 Å². The molecule has 0 unspecified atom stereocenters. The highest BCUT2D eigenvalue weighted by Gasteiger charge is 2.37. The molecule has 0 aliphatic heterocycles. The number of rotatable bonds is 22. The zero-order valence-corrected chi connectivity index (χ0v) is 32.4. The average molecular weight is 789 g/mol. The largest absolute Gasteiger partial charge is 0.481 e. The van der Waals surface area contributed by atoms with Crippen molar-refractivity contribution in [2.24, 2.45) is 11.1 Å². The minimum atomic E-state index is -0.911. The molecular formula is C42H53ClN6O7. The summed E-state index contributed by atoms with van der Waals surface area (Å²) in [5.74, 6) is -2.53. The molecule has 0 spiro atoms. The Morgan fingerprint density at radius 3 is 2.00 bits per heavy atom. The third-order valence-electron chi connectivity index (χ3n) is 9.90. The Kier molecular flexibility index (Phi) is 17.3. The fourth-order valence-corrected chi connectivity index (χ4v) is 7.14. The predicted octanol–water partition coefficient (Wildman–Crippen LogP) is 4.06. The van der Waals surface area contributed by atoms with E-state index in [1.165, 1.54) is 0 Å². The van der Waals surface area contributed by atoms with Crippen LogP contribution in [0, 0.1) is 5.41 Å². The quantitative estimate of drug-likeness (QED) is 0.0737. The van der Waals surface area contributed by atoms with E-state index in [1.807, 2.05) is 42.5 Å². The summed E-state index contributed by atoms with van der Waals surface area (Å²) < 4.78 is 0. The summed E-state index contributed by atoms with van der Waals surface area (Å²) in [5, 5.41) is 23.6. The molecule has 0 radical (unpaired) electrons. The molecule has 300 valence electrons. The van der Waals surface area contributed by atoms with Crippen LogP contribution in [0.15, 0.2) is 78.9 Å². The maximum atomic E-state index is 13.4. The summed E-state index contributed by atoms with van der Waals surface area (Å²) in [6.45, 7) is 0.685. The number of carbonyl (C=O) groups is 6. The minimum Gasteiger partial charge on any atom is -0.481 e. The number of amides is 5. The number of nitrogens with two attached hydrogens (primary N) is 1. The van der Waals surface area contributed by atoms with Crippen LogP contribution in [-0.2, 0) is 48.0 Å². The van der Waals surface area contributed by atoms with Crippen molar-refractivity contribution in [3.05, 3.63) is 101 Å². The molecule has 56 heavy (non-hydrogen) atoms. The second-order valence-electron chi connectivity index (χ2n) is 14.5. The van der Waals surface area contributed by atoms with Gasteiger partial charge in [-0.3, -0.25) is 28.8 Å². The fraction of sp³-hybridized carbons (Fsp3) is 0.429. The Bertz CT molecular complexity index is 1780. The topological polar surface area (TPSA) is 209 Å². The number of hydrogen-bond acceptors (Lipinski definition) is 7. The van der Waals surface area contributed by atoms with E-state index in [0.29, 0.717) is 35.8 Å². The van der Waals surface area contributed by atoms with Crippen LogP contribution in [0.3, 0.4) is 0 Å². The monoisotopic (exact) mass is 788 g/mol. The van der Waals surface area contributed by atoms with Crippen molar-refractivity contribution in [2.75, 3.05) is 25.0 Å². The van der Waals surface area contributed by atoms with E-state index in [9.17, 15) is 33.9 Å². The van der Waals surface area contributed by atoms with Gasteiger partial charge in [-0.05, 0) is 78.8 Å². The zero-order chi connectivity index (χ0) is 40.3. The standard InChI is InChI=1S/C42H53ClN6O7/c43-33-14-6-5-13-31(33)25-35(49-36(50)24-29-11-3-1-4-12-29)41(56)48-32-17-15-30(16-18-32)23-34(44)40(55)47-28-38(52)46-22-10-2-9-21-45-37(51)26-42(27-39(53)54)19-7-8-20-42/h1,3-6,11-18,34-35H,2,7-10,19-28,44H2,(H,45,51)(H,46,52)(H,47,55)(H,48,56)(H,49,50)(H,53,54)/t34-,35-/m0/s1. The molecule has 1 aliphatic rings. The molecule has 3 aromatic rings. The van der Waals surface area contributed by atoms with Crippen LogP contribution < -0.4 is 32.3 Å². The van der Waals surface area contributed by atoms with Crippen molar-refractivity contribution in [1.82, 2.24) is 21.3 Å². The van der Waals surface area contributed by atoms with Crippen molar-refractivity contribution in [1.29, 1.82) is 0 Å². The van der Waals surface area contributed by atoms with Crippen molar-refractivity contribution >= 4 is 52.8 Å². The Labute approximate surface area is 332 Å². The normalized spacial score (nSPS) is 14.2. The second-order valence-corrected chi connectivity index (χ2v) is 14.9. The smallest absolute Gasteiger partial charge is 0.303 e. The summed E-state index contributed by atoms with van der Waals surface area (Å²) in [5.41, 5.74) is 8.47. The van der Waals surface area contributed by atoms with Crippen LogP contribution >= 0.6 is 11.6 Å². The van der Waals surface area contributed by atoms with Gasteiger partial charge in [0.1, 0.15) is 6.04 Å². The lowest BCUT2D eigenvalue weighted by molar-refractivity contribution is -0.140. The summed E-state index contributed by atoms with van der Waals surface area (Å²) in [7, 11) is 0. The van der Waals surface area contributed by atoms with E-state index in [2.05, 4.69) is 26.6 Å². The summed E-state index contributed by atoms with van der Waals surface area (Å²) >= 11 is 6.37. The SMILES string of the molecule is N[C@@H](Cc1ccc(NC(=O)[C@H](Cc2ccccc2Cl)NC(=O)Cc2ccccc2)cc1)C(=O)NCC(=O)NCCCCCNC(=O)CC1(CC(=O)O)CCCC1. The Morgan fingerprint density at radius 2 is 1.34 bits per heavy atom. The van der Waals surface area contributed by atoms with Gasteiger partial charge >= 0.3 is 5.97 Å². The number of benzene rings is 3. The molecule has 1 fully saturated rings. The van der Waals surface area contributed by atoms with Gasteiger partial charge in [-0.25, -0.2) is 0 Å². The number of aliphatic carboxylic acids is 1. The zero-order valence-electron chi connectivity index (χ0n) is 31.6. The fourth-order valence-electron chi connectivity index (χ4n) is 6.93. The van der Waals surface area contributed by atoms with Crippen LogP contribution in [-0.4, -0.2) is 72.3 Å². The molecule has 14 heteroatoms. The maximum Gasteiger partial charge on any atom is 0.303 e. The lowest BCUT2D eigenvalue weighted by Crippen LogP contribution is -2.46. The second kappa shape index (κ2) is 22.3. The lowest BCUT2D eigenvalue weighted by atomic mass is 9.79. The first-order valence-corrected chi connectivity index (χ1v) is 19.5. The number of carbonyl (C=O) groups excluding carboxylic acids is 5. The number of hydrogen-bond donors (Lipinski definition) is 7. The van der Waals surface area contributed by atoms with E-state index in [-0.39, 0.29) is 56.4 Å². The molecule has 0 saturated heterocycles. The molecule has 4 rings (SSSR count). The van der Waals surface area contributed by atoms with Gasteiger partial charge in [-0.15, -0.1) is 0 Å². The van der Waals surface area contributed by atoms with E-state index in [1.54, 1.807) is 36.4 Å². The van der Waals surface area contributed by atoms with Crippen molar-refractivity contribution < 1.29 is 33.9 Å². The van der Waals surface area contributed by atoms with Crippen molar-refractivity contribution in [3.8, 4) is 0 Å². The highest BCUT2D eigenvalue weighted by molar-refractivity contribution is 6.31. The van der Waals surface area contributed by atoms with Gasteiger partial charge in [0.15, 0.2) is 0 Å². The summed E-state index contributed by atoms with van der Waals surface area (Å²) in [6.07, 6.45) is 6.41. The van der Waals surface area contributed by atoms with Crippen molar-refractivity contribution in [2.45, 2.75) is 89.1 Å². The molecule has 2 atom stereocenters.